The third-order valence-electron chi connectivity index (χ3n) is 12.0. The summed E-state index contributed by atoms with van der Waals surface area (Å²) < 4.78 is 6.02. The number of carbonyl (C=O) groups excluding carboxylic acids is 2. The first-order valence-electron chi connectivity index (χ1n) is 17.2. The quantitative estimate of drug-likeness (QED) is 0.0907. The molecule has 0 aromatic rings. The first kappa shape index (κ1) is 35.8. The monoisotopic (exact) mass is 632 g/mol. The van der Waals surface area contributed by atoms with Gasteiger partial charge in [0, 0.05) is 48.3 Å². The van der Waals surface area contributed by atoms with Crippen LogP contribution in [0.2, 0.25) is 0 Å². The summed E-state index contributed by atoms with van der Waals surface area (Å²) in [5.74, 6) is -4.29. The van der Waals surface area contributed by atoms with E-state index in [-0.39, 0.29) is 31.8 Å². The molecule has 9 atom stereocenters. The fraction of sp³-hybridized carbons (Fsp3) is 0.806. The van der Waals surface area contributed by atoms with Crippen LogP contribution >= 0.6 is 0 Å². The summed E-state index contributed by atoms with van der Waals surface area (Å²) in [5, 5.41) is 55.4. The highest BCUT2D eigenvalue weighted by Gasteiger charge is 2.85. The summed E-state index contributed by atoms with van der Waals surface area (Å²) in [7, 11) is 0. The predicted molar refractivity (Wildman–Crippen MR) is 169 cm³/mol. The first-order chi connectivity index (χ1) is 21.1. The summed E-state index contributed by atoms with van der Waals surface area (Å²) in [5.41, 5.74) is -4.92. The van der Waals surface area contributed by atoms with Crippen LogP contribution in [0.1, 0.15) is 118 Å². The van der Waals surface area contributed by atoms with Gasteiger partial charge in [-0.15, -0.1) is 0 Å². The van der Waals surface area contributed by atoms with Gasteiger partial charge in [-0.25, -0.2) is 0 Å². The van der Waals surface area contributed by atoms with Crippen LogP contribution in [0.4, 0.5) is 0 Å². The molecule has 0 spiro atoms. The maximum absolute atomic E-state index is 13.2. The maximum atomic E-state index is 13.2. The SMILES string of the molecule is CCC(CCCCCCCCCCC(=O)O[C@@H]1[C@@H](C)[C@@]2(O)[C@@H](C=C(CO)C[C@]3(O)C(=O)C(C)=C[C@@H]23)[C@H]2C(C)(C)[C@]12O)CC(=O)O. The predicted octanol–water partition coefficient (Wildman–Crippen LogP) is 4.88. The fourth-order valence-corrected chi connectivity index (χ4v) is 9.27. The lowest BCUT2D eigenvalue weighted by atomic mass is 9.59. The Morgan fingerprint density at radius 1 is 1.00 bits per heavy atom. The van der Waals surface area contributed by atoms with Crippen molar-refractivity contribution in [1.82, 2.24) is 0 Å². The van der Waals surface area contributed by atoms with Crippen molar-refractivity contribution in [2.75, 3.05) is 6.61 Å². The molecule has 5 N–H and O–H groups in total. The molecule has 0 saturated heterocycles. The van der Waals surface area contributed by atoms with Gasteiger partial charge in [0.05, 0.1) is 12.2 Å². The Morgan fingerprint density at radius 2 is 1.60 bits per heavy atom. The van der Waals surface area contributed by atoms with Crippen LogP contribution in [0, 0.1) is 35.0 Å². The zero-order valence-electron chi connectivity index (χ0n) is 27.9. The van der Waals surface area contributed by atoms with Gasteiger partial charge in [0.1, 0.15) is 17.3 Å². The molecule has 2 fully saturated rings. The number of ether oxygens (including phenoxy) is 1. The summed E-state index contributed by atoms with van der Waals surface area (Å²) >= 11 is 0. The Labute approximate surface area is 268 Å². The number of carboxylic acid groups (broad SMARTS) is 1. The number of rotatable bonds is 16. The van der Waals surface area contributed by atoms with E-state index in [0.717, 1.165) is 57.8 Å². The van der Waals surface area contributed by atoms with E-state index < -0.39 is 69.7 Å². The Bertz CT molecular complexity index is 1190. The second-order valence-electron chi connectivity index (χ2n) is 15.1. The van der Waals surface area contributed by atoms with Gasteiger partial charge in [-0.2, -0.15) is 0 Å². The lowest BCUT2D eigenvalue weighted by Crippen LogP contribution is -2.65. The van der Waals surface area contributed by atoms with Gasteiger partial charge in [0.2, 0.25) is 0 Å². The highest BCUT2D eigenvalue weighted by Crippen LogP contribution is 2.75. The molecule has 0 heterocycles. The average Bonchev–Trinajstić information content (AvgIpc) is 3.38. The standard InChI is InChI=1S/C36H56O9/c1-6-24(19-28(38)39)15-13-11-9-7-8-10-12-14-16-29(40)45-32-23(3)35(43)26(30-33(4,5)36(30,32)44)18-25(21-37)20-34(42)27(35)17-22(2)31(34)41/h17-18,23-24,26-27,30,32,37,42-44H,6-16,19-21H2,1-5H3,(H,38,39)/t23-,24?,26+,27-,30+,32-,34-,35-,36-/m1/s1. The van der Waals surface area contributed by atoms with Crippen LogP contribution in [-0.4, -0.2) is 72.8 Å². The molecule has 1 unspecified atom stereocenters. The lowest BCUT2D eigenvalue weighted by Gasteiger charge is -2.52. The topological polar surface area (TPSA) is 162 Å². The zero-order chi connectivity index (χ0) is 33.4. The van der Waals surface area contributed by atoms with E-state index in [1.165, 1.54) is 0 Å². The summed E-state index contributed by atoms with van der Waals surface area (Å²) in [4.78, 5) is 37.2. The second kappa shape index (κ2) is 13.6. The molecule has 45 heavy (non-hydrogen) atoms. The number of aliphatic carboxylic acids is 1. The van der Waals surface area contributed by atoms with Gasteiger partial charge in [0.25, 0.3) is 0 Å². The molecule has 9 nitrogen and oxygen atoms in total. The molecule has 0 aliphatic heterocycles. The first-order valence-corrected chi connectivity index (χ1v) is 17.2. The van der Waals surface area contributed by atoms with E-state index in [0.29, 0.717) is 17.6 Å². The van der Waals surface area contributed by atoms with Crippen LogP contribution in [0.3, 0.4) is 0 Å². The minimum absolute atomic E-state index is 0.103. The van der Waals surface area contributed by atoms with Crippen molar-refractivity contribution >= 4 is 17.7 Å². The van der Waals surface area contributed by atoms with Crippen LogP contribution in [0.5, 0.6) is 0 Å². The molecule has 0 bridgehead atoms. The molecular weight excluding hydrogens is 576 g/mol. The van der Waals surface area contributed by atoms with E-state index in [1.807, 2.05) is 20.8 Å². The Balaban J connectivity index is 1.32. The Kier molecular flexibility index (Phi) is 10.8. The molecule has 9 heteroatoms. The normalized spacial score (nSPS) is 37.0. The van der Waals surface area contributed by atoms with Crippen molar-refractivity contribution in [2.45, 2.75) is 141 Å². The highest BCUT2D eigenvalue weighted by molar-refractivity contribution is 6.04. The van der Waals surface area contributed by atoms with Gasteiger partial charge in [-0.3, -0.25) is 14.4 Å². The number of hydrogen-bond acceptors (Lipinski definition) is 8. The van der Waals surface area contributed by atoms with Gasteiger partial charge >= 0.3 is 11.9 Å². The third kappa shape index (κ3) is 6.31. The average molecular weight is 633 g/mol. The molecule has 0 aromatic carbocycles. The van der Waals surface area contributed by atoms with E-state index in [9.17, 15) is 34.8 Å². The molecule has 2 saturated carbocycles. The fourth-order valence-electron chi connectivity index (χ4n) is 9.27. The Hall–Kier alpha value is -2.07. The largest absolute Gasteiger partial charge is 0.481 e. The van der Waals surface area contributed by atoms with E-state index in [1.54, 1.807) is 26.0 Å². The number of carboxylic acids is 1. The molecule has 4 aliphatic carbocycles. The molecule has 0 radical (unpaired) electrons. The van der Waals surface area contributed by atoms with Crippen molar-refractivity contribution in [3.05, 3.63) is 23.3 Å². The number of hydrogen-bond donors (Lipinski definition) is 5. The van der Waals surface area contributed by atoms with Crippen LogP contribution in [0.15, 0.2) is 23.3 Å². The summed E-state index contributed by atoms with van der Waals surface area (Å²) in [6.07, 6.45) is 12.6. The minimum Gasteiger partial charge on any atom is -0.481 e. The highest BCUT2D eigenvalue weighted by atomic mass is 16.6. The molecule has 4 aliphatic rings. The third-order valence-corrected chi connectivity index (χ3v) is 12.0. The van der Waals surface area contributed by atoms with Gasteiger partial charge in [-0.1, -0.05) is 91.2 Å². The molecule has 4 rings (SSSR count). The van der Waals surface area contributed by atoms with Crippen molar-refractivity contribution in [3.8, 4) is 0 Å². The number of aliphatic hydroxyl groups excluding tert-OH is 1. The molecular formula is C36H56O9. The number of fused-ring (bicyclic) bond motifs is 5. The second-order valence-corrected chi connectivity index (χ2v) is 15.1. The number of Topliss-reactive ketones (excluding diaryl/α,β-unsaturated/α-hetero) is 1. The van der Waals surface area contributed by atoms with Gasteiger partial charge in [0.15, 0.2) is 5.78 Å². The van der Waals surface area contributed by atoms with Crippen molar-refractivity contribution in [2.24, 2.45) is 35.0 Å². The number of ketones is 1. The summed E-state index contributed by atoms with van der Waals surface area (Å²) in [6.45, 7) is 8.79. The van der Waals surface area contributed by atoms with Crippen molar-refractivity contribution < 1.29 is 44.7 Å². The van der Waals surface area contributed by atoms with Crippen molar-refractivity contribution in [3.63, 3.8) is 0 Å². The smallest absolute Gasteiger partial charge is 0.306 e. The Morgan fingerprint density at radius 3 is 2.18 bits per heavy atom. The number of aliphatic hydroxyl groups is 4. The number of carbonyl (C=O) groups is 3. The van der Waals surface area contributed by atoms with E-state index >= 15 is 0 Å². The van der Waals surface area contributed by atoms with Crippen LogP contribution in [-0.2, 0) is 19.1 Å². The van der Waals surface area contributed by atoms with E-state index in [2.05, 4.69) is 0 Å². The zero-order valence-corrected chi connectivity index (χ0v) is 27.9. The van der Waals surface area contributed by atoms with Crippen LogP contribution in [0.25, 0.3) is 0 Å². The molecule has 0 amide bonds. The number of unbranched alkanes of at least 4 members (excludes halogenated alkanes) is 7. The van der Waals surface area contributed by atoms with E-state index in [4.69, 9.17) is 9.84 Å². The van der Waals surface area contributed by atoms with Crippen LogP contribution < -0.4 is 0 Å². The van der Waals surface area contributed by atoms with Gasteiger partial charge in [-0.05, 0) is 36.8 Å². The van der Waals surface area contributed by atoms with Gasteiger partial charge < -0.3 is 30.3 Å². The minimum atomic E-state index is -1.92. The maximum Gasteiger partial charge on any atom is 0.306 e. The lowest BCUT2D eigenvalue weighted by molar-refractivity contribution is -0.221. The molecule has 0 aromatic heterocycles. The van der Waals surface area contributed by atoms with Crippen molar-refractivity contribution in [1.29, 1.82) is 0 Å². The number of esters is 1. The molecule has 254 valence electrons. The summed E-state index contributed by atoms with van der Waals surface area (Å²) in [6, 6.07) is 0.